The number of hydrogen-bond donors (Lipinski definition) is 2. The Morgan fingerprint density at radius 3 is 2.91 bits per heavy atom. The number of guanidine groups is 1. The van der Waals surface area contributed by atoms with Crippen LogP contribution in [0.4, 0.5) is 4.39 Å². The van der Waals surface area contributed by atoms with Crippen LogP contribution in [0.2, 0.25) is 0 Å². The fraction of sp³-hybridized carbons (Fsp3) is 0.375. The summed E-state index contributed by atoms with van der Waals surface area (Å²) in [4.78, 5) is 8.48. The molecule has 0 saturated carbocycles. The molecule has 118 valence electrons. The molecule has 0 aliphatic rings. The molecule has 0 amide bonds. The molecule has 2 aromatic rings. The van der Waals surface area contributed by atoms with Crippen LogP contribution in [-0.2, 0) is 13.1 Å². The highest BCUT2D eigenvalue weighted by atomic mass is 19.1. The molecule has 0 bridgehead atoms. The number of rotatable bonds is 6. The number of nitrogens with one attached hydrogen (secondary N) is 2. The van der Waals surface area contributed by atoms with Gasteiger partial charge in [-0.15, -0.1) is 0 Å². The third kappa shape index (κ3) is 4.87. The molecule has 2 N–H and O–H groups in total. The van der Waals surface area contributed by atoms with Gasteiger partial charge in [-0.25, -0.2) is 14.4 Å². The Morgan fingerprint density at radius 1 is 1.36 bits per heavy atom. The van der Waals surface area contributed by atoms with Gasteiger partial charge in [0.25, 0.3) is 0 Å². The predicted octanol–water partition coefficient (Wildman–Crippen LogP) is 2.09. The number of nitrogens with zero attached hydrogens (tertiary/aromatic N) is 3. The number of aliphatic imine (C=N–C) groups is 1. The summed E-state index contributed by atoms with van der Waals surface area (Å²) in [6.45, 7) is 6.54. The van der Waals surface area contributed by atoms with Crippen molar-refractivity contribution in [3.05, 3.63) is 53.9 Å². The highest BCUT2D eigenvalue weighted by molar-refractivity contribution is 5.79. The summed E-state index contributed by atoms with van der Waals surface area (Å²) < 4.78 is 15.5. The van der Waals surface area contributed by atoms with Crippen molar-refractivity contribution in [2.45, 2.75) is 26.9 Å². The molecule has 0 saturated heterocycles. The van der Waals surface area contributed by atoms with Crippen LogP contribution in [0, 0.1) is 12.7 Å². The average molecular weight is 303 g/mol. The van der Waals surface area contributed by atoms with Crippen molar-refractivity contribution in [3.63, 3.8) is 0 Å². The first-order chi connectivity index (χ1) is 10.7. The molecule has 0 radical (unpaired) electrons. The van der Waals surface area contributed by atoms with Crippen LogP contribution >= 0.6 is 0 Å². The van der Waals surface area contributed by atoms with Crippen molar-refractivity contribution in [1.82, 2.24) is 20.2 Å². The Labute approximate surface area is 130 Å². The van der Waals surface area contributed by atoms with Crippen LogP contribution in [0.25, 0.3) is 0 Å². The van der Waals surface area contributed by atoms with Gasteiger partial charge in [0.15, 0.2) is 5.96 Å². The average Bonchev–Trinajstić information content (AvgIpc) is 3.01. The van der Waals surface area contributed by atoms with E-state index in [1.807, 2.05) is 23.8 Å². The van der Waals surface area contributed by atoms with Crippen LogP contribution < -0.4 is 10.6 Å². The van der Waals surface area contributed by atoms with E-state index in [9.17, 15) is 4.39 Å². The fourth-order valence-corrected chi connectivity index (χ4v) is 1.97. The predicted molar refractivity (Wildman–Crippen MR) is 86.2 cm³/mol. The molecule has 22 heavy (non-hydrogen) atoms. The van der Waals surface area contributed by atoms with E-state index in [-0.39, 0.29) is 5.82 Å². The first-order valence-electron chi connectivity index (χ1n) is 7.42. The van der Waals surface area contributed by atoms with Gasteiger partial charge in [0.1, 0.15) is 5.82 Å². The minimum absolute atomic E-state index is 0.189. The third-order valence-corrected chi connectivity index (χ3v) is 3.22. The minimum Gasteiger partial charge on any atom is -0.357 e. The van der Waals surface area contributed by atoms with Crippen molar-refractivity contribution >= 4 is 5.96 Å². The Bertz CT molecular complexity index is 607. The lowest BCUT2D eigenvalue weighted by molar-refractivity contribution is 0.616. The molecule has 0 unspecified atom stereocenters. The van der Waals surface area contributed by atoms with Gasteiger partial charge in [-0.2, -0.15) is 0 Å². The van der Waals surface area contributed by atoms with Gasteiger partial charge in [-0.1, -0.05) is 12.1 Å². The maximum atomic E-state index is 13.5. The van der Waals surface area contributed by atoms with Gasteiger partial charge < -0.3 is 15.2 Å². The number of imidazole rings is 1. The third-order valence-electron chi connectivity index (χ3n) is 3.22. The summed E-state index contributed by atoms with van der Waals surface area (Å²) in [5, 5.41) is 6.43. The topological polar surface area (TPSA) is 54.2 Å². The Hall–Kier alpha value is -2.37. The van der Waals surface area contributed by atoms with E-state index < -0.39 is 0 Å². The van der Waals surface area contributed by atoms with Gasteiger partial charge in [-0.05, 0) is 31.0 Å². The molecule has 5 nitrogen and oxygen atoms in total. The molecule has 0 spiro atoms. The van der Waals surface area contributed by atoms with Gasteiger partial charge >= 0.3 is 0 Å². The second kappa shape index (κ2) is 8.17. The van der Waals surface area contributed by atoms with E-state index in [1.54, 1.807) is 25.5 Å². The smallest absolute Gasteiger partial charge is 0.191 e. The maximum Gasteiger partial charge on any atom is 0.191 e. The summed E-state index contributed by atoms with van der Waals surface area (Å²) in [7, 11) is 0. The van der Waals surface area contributed by atoms with Crippen molar-refractivity contribution in [2.75, 3.05) is 13.1 Å². The van der Waals surface area contributed by atoms with Gasteiger partial charge in [0.05, 0.1) is 12.9 Å². The maximum absolute atomic E-state index is 13.5. The molecule has 0 fully saturated rings. The first-order valence-corrected chi connectivity index (χ1v) is 7.42. The zero-order valence-electron chi connectivity index (χ0n) is 13.0. The Kier molecular flexibility index (Phi) is 5.94. The lowest BCUT2D eigenvalue weighted by Gasteiger charge is -2.11. The molecule has 2 rings (SSSR count). The summed E-state index contributed by atoms with van der Waals surface area (Å²) in [6.07, 6.45) is 5.45. The van der Waals surface area contributed by atoms with Crippen molar-refractivity contribution in [3.8, 4) is 0 Å². The summed E-state index contributed by atoms with van der Waals surface area (Å²) in [5.41, 5.74) is 1.51. The van der Waals surface area contributed by atoms with Crippen LogP contribution in [0.5, 0.6) is 0 Å². The van der Waals surface area contributed by atoms with E-state index in [1.165, 1.54) is 6.07 Å². The standard InChI is InChI=1S/C16H22FN5/c1-3-19-16(20-7-9-22-8-6-18-12-22)21-11-14-5-4-13(2)15(17)10-14/h4-6,8,10,12H,3,7,9,11H2,1-2H3,(H2,19,20,21). The fourth-order valence-electron chi connectivity index (χ4n) is 1.97. The first kappa shape index (κ1) is 16.0. The van der Waals surface area contributed by atoms with Crippen LogP contribution in [-0.4, -0.2) is 28.6 Å². The van der Waals surface area contributed by atoms with Crippen molar-refractivity contribution < 1.29 is 4.39 Å². The summed E-state index contributed by atoms with van der Waals surface area (Å²) >= 11 is 0. The van der Waals surface area contributed by atoms with E-state index in [0.29, 0.717) is 12.1 Å². The number of aryl methyl sites for hydroxylation is 1. The normalized spacial score (nSPS) is 11.5. The Morgan fingerprint density at radius 2 is 2.23 bits per heavy atom. The lowest BCUT2D eigenvalue weighted by atomic mass is 10.1. The summed E-state index contributed by atoms with van der Waals surface area (Å²) in [5.74, 6) is 0.536. The monoisotopic (exact) mass is 303 g/mol. The summed E-state index contributed by atoms with van der Waals surface area (Å²) in [6, 6.07) is 5.21. The van der Waals surface area contributed by atoms with Gasteiger partial charge in [0, 0.05) is 32.0 Å². The SMILES string of the molecule is CCNC(=NCc1ccc(C)c(F)c1)NCCn1ccnc1. The highest BCUT2D eigenvalue weighted by Gasteiger charge is 2.01. The number of halogens is 1. The molecule has 6 heteroatoms. The number of aromatic nitrogens is 2. The number of benzene rings is 1. The van der Waals surface area contributed by atoms with Crippen LogP contribution in [0.3, 0.4) is 0 Å². The van der Waals surface area contributed by atoms with Crippen molar-refractivity contribution in [2.24, 2.45) is 4.99 Å². The van der Waals surface area contributed by atoms with Gasteiger partial charge in [0.2, 0.25) is 0 Å². The van der Waals surface area contributed by atoms with Crippen molar-refractivity contribution in [1.29, 1.82) is 0 Å². The molecule has 1 heterocycles. The molecule has 0 atom stereocenters. The van der Waals surface area contributed by atoms with Crippen LogP contribution in [0.15, 0.2) is 41.9 Å². The van der Waals surface area contributed by atoms with E-state index in [0.717, 1.165) is 31.2 Å². The number of hydrogen-bond acceptors (Lipinski definition) is 2. The molecule has 0 aliphatic carbocycles. The van der Waals surface area contributed by atoms with Gasteiger partial charge in [-0.3, -0.25) is 0 Å². The zero-order valence-corrected chi connectivity index (χ0v) is 13.0. The van der Waals surface area contributed by atoms with E-state index in [4.69, 9.17) is 0 Å². The molecule has 1 aromatic heterocycles. The molecule has 1 aromatic carbocycles. The minimum atomic E-state index is -0.189. The largest absolute Gasteiger partial charge is 0.357 e. The molecule has 0 aliphatic heterocycles. The van der Waals surface area contributed by atoms with E-state index in [2.05, 4.69) is 20.6 Å². The second-order valence-corrected chi connectivity index (χ2v) is 5.01. The highest BCUT2D eigenvalue weighted by Crippen LogP contribution is 2.09. The van der Waals surface area contributed by atoms with Crippen LogP contribution in [0.1, 0.15) is 18.1 Å². The lowest BCUT2D eigenvalue weighted by Crippen LogP contribution is -2.38. The molecular weight excluding hydrogens is 281 g/mol. The van der Waals surface area contributed by atoms with E-state index >= 15 is 0 Å². The Balaban J connectivity index is 1.89. The second-order valence-electron chi connectivity index (χ2n) is 5.01. The quantitative estimate of drug-likeness (QED) is 0.634. The zero-order chi connectivity index (χ0) is 15.8. The molecular formula is C16H22FN5.